The first-order valence-electron chi connectivity index (χ1n) is 9.83. The Morgan fingerprint density at radius 1 is 1.19 bits per heavy atom. The Morgan fingerprint density at radius 2 is 1.97 bits per heavy atom. The minimum Gasteiger partial charge on any atom is -0.336 e. The van der Waals surface area contributed by atoms with Crippen LogP contribution in [0.2, 0.25) is 0 Å². The number of halogens is 1. The lowest BCUT2D eigenvalue weighted by atomic mass is 10.1. The number of carbonyl (C=O) groups excluding carboxylic acids is 1. The highest BCUT2D eigenvalue weighted by Gasteiger charge is 2.14. The van der Waals surface area contributed by atoms with Crippen molar-refractivity contribution in [1.82, 2.24) is 19.9 Å². The van der Waals surface area contributed by atoms with E-state index in [1.807, 2.05) is 36.6 Å². The molecule has 0 aliphatic heterocycles. The Bertz CT molecular complexity index is 1220. The van der Waals surface area contributed by atoms with Crippen molar-refractivity contribution >= 4 is 34.7 Å². The first-order valence-corrected chi connectivity index (χ1v) is 11.7. The third kappa shape index (κ3) is 5.51. The van der Waals surface area contributed by atoms with Crippen molar-refractivity contribution in [3.05, 3.63) is 87.4 Å². The summed E-state index contributed by atoms with van der Waals surface area (Å²) in [4.78, 5) is 16.8. The van der Waals surface area contributed by atoms with Crippen LogP contribution in [0.25, 0.3) is 0 Å². The van der Waals surface area contributed by atoms with Gasteiger partial charge in [0.05, 0.1) is 12.1 Å². The Labute approximate surface area is 192 Å². The monoisotopic (exact) mass is 468 g/mol. The predicted octanol–water partition coefficient (Wildman–Crippen LogP) is 3.96. The van der Waals surface area contributed by atoms with Gasteiger partial charge in [0.25, 0.3) is 0 Å². The van der Waals surface area contributed by atoms with Gasteiger partial charge in [-0.15, -0.1) is 21.5 Å². The van der Waals surface area contributed by atoms with E-state index in [2.05, 4.69) is 20.5 Å². The fourth-order valence-electron chi connectivity index (χ4n) is 2.95. The molecule has 0 aliphatic rings. The normalized spacial score (nSPS) is 10.9. The second-order valence-electron chi connectivity index (χ2n) is 7.15. The van der Waals surface area contributed by atoms with Crippen molar-refractivity contribution in [2.24, 2.45) is 0 Å². The van der Waals surface area contributed by atoms with Gasteiger partial charge in [0.15, 0.2) is 5.82 Å². The summed E-state index contributed by atoms with van der Waals surface area (Å²) in [6, 6.07) is 14.2. The Balaban J connectivity index is 1.31. The van der Waals surface area contributed by atoms with Crippen LogP contribution in [0.3, 0.4) is 0 Å². The first kappa shape index (κ1) is 22.0. The summed E-state index contributed by atoms with van der Waals surface area (Å²) in [5.41, 5.74) is 3.24. The van der Waals surface area contributed by atoms with Gasteiger partial charge < -0.3 is 11.2 Å². The Morgan fingerprint density at radius 3 is 2.75 bits per heavy atom. The number of nitrogens with two attached hydrogens (primary N) is 1. The smallest absolute Gasteiger partial charge is 0.231 e. The van der Waals surface area contributed by atoms with Crippen LogP contribution in [0.5, 0.6) is 0 Å². The summed E-state index contributed by atoms with van der Waals surface area (Å²) in [7, 11) is 0. The van der Waals surface area contributed by atoms with Crippen molar-refractivity contribution in [2.45, 2.75) is 30.7 Å². The molecule has 0 fully saturated rings. The van der Waals surface area contributed by atoms with Crippen LogP contribution >= 0.6 is 23.1 Å². The molecule has 164 valence electrons. The van der Waals surface area contributed by atoms with Gasteiger partial charge >= 0.3 is 0 Å². The molecule has 2 aromatic heterocycles. The van der Waals surface area contributed by atoms with Crippen LogP contribution in [0.15, 0.2) is 59.1 Å². The molecule has 0 bridgehead atoms. The number of anilines is 1. The molecule has 10 heteroatoms. The quantitative estimate of drug-likeness (QED) is 0.300. The molecule has 0 aliphatic carbocycles. The van der Waals surface area contributed by atoms with E-state index in [4.69, 9.17) is 5.84 Å². The van der Waals surface area contributed by atoms with E-state index < -0.39 is 0 Å². The summed E-state index contributed by atoms with van der Waals surface area (Å²) in [5.74, 6) is 6.70. The molecule has 0 spiro atoms. The summed E-state index contributed by atoms with van der Waals surface area (Å²) in [6.45, 7) is 2.00. The number of thioether (sulfide) groups is 1. The van der Waals surface area contributed by atoms with E-state index in [9.17, 15) is 9.18 Å². The maximum atomic E-state index is 13.9. The Hall–Kier alpha value is -3.24. The van der Waals surface area contributed by atoms with Crippen LogP contribution in [0, 0.1) is 12.7 Å². The molecule has 1 amide bonds. The number of nitrogens with zero attached hydrogens (tertiary/aromatic N) is 4. The zero-order valence-corrected chi connectivity index (χ0v) is 18.9. The van der Waals surface area contributed by atoms with Gasteiger partial charge in [-0.25, -0.2) is 14.1 Å². The zero-order chi connectivity index (χ0) is 22.5. The number of hydrogen-bond donors (Lipinski definition) is 2. The number of hydrogen-bond acceptors (Lipinski definition) is 7. The van der Waals surface area contributed by atoms with Crippen molar-refractivity contribution in [3.8, 4) is 0 Å². The van der Waals surface area contributed by atoms with E-state index in [0.717, 1.165) is 22.0 Å². The second kappa shape index (κ2) is 9.92. The van der Waals surface area contributed by atoms with Gasteiger partial charge in [0.2, 0.25) is 11.1 Å². The standard InChI is InChI=1S/C22H21FN6OS2/c1-14-6-8-16(9-7-14)25-20(30)11-21-26-17(12-31-21)13-32-22-28-27-19(29(22)24)10-15-4-2-3-5-18(15)23/h2-9,12H,10-11,13,24H2,1H3,(H,25,30). The number of amides is 1. The molecule has 0 saturated heterocycles. The van der Waals surface area contributed by atoms with E-state index in [0.29, 0.717) is 22.3 Å². The predicted molar refractivity (Wildman–Crippen MR) is 125 cm³/mol. The number of nitrogen functional groups attached to an aromatic ring is 1. The van der Waals surface area contributed by atoms with Gasteiger partial charge in [-0.2, -0.15) is 0 Å². The number of benzene rings is 2. The summed E-state index contributed by atoms with van der Waals surface area (Å²) < 4.78 is 15.2. The van der Waals surface area contributed by atoms with Crippen molar-refractivity contribution in [3.63, 3.8) is 0 Å². The van der Waals surface area contributed by atoms with Crippen molar-refractivity contribution < 1.29 is 9.18 Å². The molecule has 2 heterocycles. The molecule has 0 unspecified atom stereocenters. The molecule has 4 aromatic rings. The van der Waals surface area contributed by atoms with Crippen LogP contribution in [0.1, 0.15) is 27.7 Å². The summed E-state index contributed by atoms with van der Waals surface area (Å²) in [5, 5.41) is 14.2. The largest absolute Gasteiger partial charge is 0.336 e. The SMILES string of the molecule is Cc1ccc(NC(=O)Cc2nc(CSc3nnc(Cc4ccccc4F)n3N)cs2)cc1. The van der Waals surface area contributed by atoms with E-state index >= 15 is 0 Å². The van der Waals surface area contributed by atoms with Gasteiger partial charge in [-0.1, -0.05) is 47.7 Å². The number of thiazole rings is 1. The average Bonchev–Trinajstić information content (AvgIpc) is 3.36. The van der Waals surface area contributed by atoms with Crippen molar-refractivity contribution in [1.29, 1.82) is 0 Å². The lowest BCUT2D eigenvalue weighted by Crippen LogP contribution is -2.15. The highest BCUT2D eigenvalue weighted by Crippen LogP contribution is 2.23. The summed E-state index contributed by atoms with van der Waals surface area (Å²) >= 11 is 2.82. The highest BCUT2D eigenvalue weighted by atomic mass is 32.2. The third-order valence-electron chi connectivity index (χ3n) is 4.64. The number of aromatic nitrogens is 4. The van der Waals surface area contributed by atoms with Crippen LogP contribution in [-0.2, 0) is 23.4 Å². The minimum absolute atomic E-state index is 0.109. The molecular weight excluding hydrogens is 447 g/mol. The first-order chi connectivity index (χ1) is 15.5. The maximum Gasteiger partial charge on any atom is 0.231 e. The van der Waals surface area contributed by atoms with Crippen LogP contribution in [0.4, 0.5) is 10.1 Å². The summed E-state index contributed by atoms with van der Waals surface area (Å²) in [6.07, 6.45) is 0.469. The van der Waals surface area contributed by atoms with E-state index in [-0.39, 0.29) is 24.6 Å². The second-order valence-corrected chi connectivity index (χ2v) is 9.03. The molecule has 3 N–H and O–H groups in total. The molecule has 4 rings (SSSR count). The number of nitrogens with one attached hydrogen (secondary N) is 1. The molecule has 7 nitrogen and oxygen atoms in total. The molecule has 32 heavy (non-hydrogen) atoms. The molecule has 2 aromatic carbocycles. The van der Waals surface area contributed by atoms with Crippen LogP contribution in [-0.4, -0.2) is 25.8 Å². The van der Waals surface area contributed by atoms with Gasteiger partial charge in [-0.3, -0.25) is 4.79 Å². The number of aryl methyl sites for hydroxylation is 1. The molecule has 0 radical (unpaired) electrons. The minimum atomic E-state index is -0.300. The molecular formula is C22H21FN6OS2. The average molecular weight is 469 g/mol. The van der Waals surface area contributed by atoms with Gasteiger partial charge in [-0.05, 0) is 30.7 Å². The molecule has 0 atom stereocenters. The van der Waals surface area contributed by atoms with E-state index in [1.165, 1.54) is 33.8 Å². The van der Waals surface area contributed by atoms with Crippen molar-refractivity contribution in [2.75, 3.05) is 11.2 Å². The van der Waals surface area contributed by atoms with Crippen LogP contribution < -0.4 is 11.2 Å². The third-order valence-corrected chi connectivity index (χ3v) is 6.51. The lowest BCUT2D eigenvalue weighted by Gasteiger charge is -2.04. The van der Waals surface area contributed by atoms with Gasteiger partial charge in [0.1, 0.15) is 10.8 Å². The Kier molecular flexibility index (Phi) is 6.81. The topological polar surface area (TPSA) is 98.7 Å². The highest BCUT2D eigenvalue weighted by molar-refractivity contribution is 7.98. The van der Waals surface area contributed by atoms with E-state index in [1.54, 1.807) is 18.2 Å². The number of carbonyl (C=O) groups is 1. The zero-order valence-electron chi connectivity index (χ0n) is 17.3. The van der Waals surface area contributed by atoms with Gasteiger partial charge in [0, 0.05) is 23.2 Å². The fourth-order valence-corrected chi connectivity index (χ4v) is 4.62. The number of rotatable bonds is 8. The molecule has 0 saturated carbocycles. The fraction of sp³-hybridized carbons (Fsp3) is 0.182. The lowest BCUT2D eigenvalue weighted by molar-refractivity contribution is -0.115. The maximum absolute atomic E-state index is 13.9.